The fraction of sp³-hybridized carbons (Fsp3) is 0.714. The van der Waals surface area contributed by atoms with E-state index in [0.29, 0.717) is 12.8 Å². The largest absolute Gasteiger partial charge is 0.462 e. The molecule has 0 aliphatic rings. The Hall–Kier alpha value is -2.14. The number of carbonyl (C=O) groups is 2. The molecule has 0 amide bonds. The summed E-state index contributed by atoms with van der Waals surface area (Å²) in [5.74, 6) is -0.654. The minimum absolute atomic E-state index is 0.0870. The Morgan fingerprint density at radius 2 is 1.02 bits per heavy atom. The number of carbonyl (C=O) groups excluding carboxylic acids is 2. The van der Waals surface area contributed by atoms with Crippen LogP contribution in [0.15, 0.2) is 48.6 Å². The van der Waals surface area contributed by atoms with Crippen LogP contribution in [-0.2, 0) is 19.1 Å². The summed E-state index contributed by atoms with van der Waals surface area (Å²) in [7, 11) is 0. The predicted molar refractivity (Wildman–Crippen MR) is 168 cm³/mol. The molecule has 1 unspecified atom stereocenters. The van der Waals surface area contributed by atoms with Crippen LogP contribution < -0.4 is 0 Å². The van der Waals surface area contributed by atoms with Gasteiger partial charge in [-0.1, -0.05) is 107 Å². The molecule has 230 valence electrons. The van der Waals surface area contributed by atoms with Crippen LogP contribution in [0.5, 0.6) is 0 Å². The number of ether oxygens (including phenoxy) is 2. The second-order valence-corrected chi connectivity index (χ2v) is 10.5. The fourth-order valence-corrected chi connectivity index (χ4v) is 4.07. The van der Waals surface area contributed by atoms with E-state index in [9.17, 15) is 14.7 Å². The summed E-state index contributed by atoms with van der Waals surface area (Å²) in [6, 6.07) is 0. The standard InChI is InChI=1S/C35H60O5/c1-3-5-7-9-11-13-15-16-17-18-20-22-24-26-28-30-35(38)40-33(31-36)32-39-34(37)29-27-25-23-21-19-14-12-10-8-6-4-2/h10-13,16-17,20,22,33,36H,3-9,14-15,18-19,21,23-32H2,1-2H3. The van der Waals surface area contributed by atoms with Crippen LogP contribution in [0.4, 0.5) is 0 Å². The maximum atomic E-state index is 12.1. The van der Waals surface area contributed by atoms with Crippen molar-refractivity contribution in [3.8, 4) is 0 Å². The van der Waals surface area contributed by atoms with Gasteiger partial charge in [-0.05, 0) is 70.6 Å². The molecule has 0 fully saturated rings. The summed E-state index contributed by atoms with van der Waals surface area (Å²) in [5, 5.41) is 9.48. The van der Waals surface area contributed by atoms with E-state index >= 15 is 0 Å². The van der Waals surface area contributed by atoms with Crippen molar-refractivity contribution in [2.24, 2.45) is 0 Å². The number of esters is 2. The molecule has 0 aromatic carbocycles. The van der Waals surface area contributed by atoms with Crippen LogP contribution in [0.3, 0.4) is 0 Å². The lowest BCUT2D eigenvalue weighted by molar-refractivity contribution is -0.161. The Labute approximate surface area is 246 Å². The monoisotopic (exact) mass is 560 g/mol. The molecular formula is C35H60O5. The Morgan fingerprint density at radius 1 is 0.575 bits per heavy atom. The number of rotatable bonds is 28. The molecule has 1 atom stereocenters. The zero-order chi connectivity index (χ0) is 29.4. The number of aliphatic hydroxyl groups is 1. The van der Waals surface area contributed by atoms with E-state index in [-0.39, 0.29) is 25.2 Å². The van der Waals surface area contributed by atoms with E-state index in [1.54, 1.807) is 0 Å². The highest BCUT2D eigenvalue weighted by Crippen LogP contribution is 2.10. The van der Waals surface area contributed by atoms with Gasteiger partial charge in [0.25, 0.3) is 0 Å². The van der Waals surface area contributed by atoms with Crippen molar-refractivity contribution in [3.63, 3.8) is 0 Å². The molecule has 0 rings (SSSR count). The summed E-state index contributed by atoms with van der Waals surface area (Å²) in [6.45, 7) is 4.00. The van der Waals surface area contributed by atoms with Gasteiger partial charge in [-0.3, -0.25) is 9.59 Å². The molecule has 0 bridgehead atoms. The van der Waals surface area contributed by atoms with Crippen LogP contribution in [0.2, 0.25) is 0 Å². The summed E-state index contributed by atoms with van der Waals surface area (Å²) in [6.07, 6.45) is 37.3. The first-order valence-electron chi connectivity index (χ1n) is 16.2. The Balaban J connectivity index is 3.71. The Bertz CT molecular complexity index is 692. The minimum Gasteiger partial charge on any atom is -0.462 e. The lowest BCUT2D eigenvalue weighted by Gasteiger charge is -2.15. The van der Waals surface area contributed by atoms with Gasteiger partial charge in [-0.25, -0.2) is 0 Å². The van der Waals surface area contributed by atoms with Crippen LogP contribution >= 0.6 is 0 Å². The predicted octanol–water partition coefficient (Wildman–Crippen LogP) is 9.50. The normalized spacial score (nSPS) is 12.8. The molecule has 0 radical (unpaired) electrons. The molecule has 0 aromatic rings. The maximum Gasteiger partial charge on any atom is 0.306 e. The zero-order valence-corrected chi connectivity index (χ0v) is 25.8. The number of aliphatic hydroxyl groups excluding tert-OH is 1. The quantitative estimate of drug-likeness (QED) is 0.0586. The topological polar surface area (TPSA) is 72.8 Å². The molecule has 0 spiro atoms. The number of hydrogen-bond donors (Lipinski definition) is 1. The van der Waals surface area contributed by atoms with Crippen molar-refractivity contribution >= 4 is 11.9 Å². The highest BCUT2D eigenvalue weighted by Gasteiger charge is 2.15. The van der Waals surface area contributed by atoms with Gasteiger partial charge in [-0.2, -0.15) is 0 Å². The molecule has 0 saturated heterocycles. The summed E-state index contributed by atoms with van der Waals surface area (Å²) in [5.41, 5.74) is 0. The maximum absolute atomic E-state index is 12.1. The van der Waals surface area contributed by atoms with Crippen LogP contribution in [0, 0.1) is 0 Å². The smallest absolute Gasteiger partial charge is 0.306 e. The molecule has 40 heavy (non-hydrogen) atoms. The summed E-state index contributed by atoms with van der Waals surface area (Å²) in [4.78, 5) is 24.0. The van der Waals surface area contributed by atoms with E-state index in [4.69, 9.17) is 9.47 Å². The van der Waals surface area contributed by atoms with E-state index in [2.05, 4.69) is 62.5 Å². The second kappa shape index (κ2) is 31.4. The van der Waals surface area contributed by atoms with E-state index < -0.39 is 6.10 Å². The van der Waals surface area contributed by atoms with Crippen molar-refractivity contribution in [2.75, 3.05) is 13.2 Å². The van der Waals surface area contributed by atoms with Crippen molar-refractivity contribution < 1.29 is 24.2 Å². The van der Waals surface area contributed by atoms with Gasteiger partial charge < -0.3 is 14.6 Å². The molecule has 0 aliphatic heterocycles. The van der Waals surface area contributed by atoms with Gasteiger partial charge in [0, 0.05) is 12.8 Å². The molecule has 0 aromatic heterocycles. The molecule has 5 heteroatoms. The number of hydrogen-bond acceptors (Lipinski definition) is 5. The lowest BCUT2D eigenvalue weighted by atomic mass is 10.1. The first-order chi connectivity index (χ1) is 19.6. The Morgan fingerprint density at radius 3 is 1.65 bits per heavy atom. The second-order valence-electron chi connectivity index (χ2n) is 10.5. The van der Waals surface area contributed by atoms with Gasteiger partial charge >= 0.3 is 11.9 Å². The molecule has 0 aliphatic carbocycles. The highest BCUT2D eigenvalue weighted by atomic mass is 16.6. The van der Waals surface area contributed by atoms with Crippen molar-refractivity contribution in [3.05, 3.63) is 48.6 Å². The third-order valence-electron chi connectivity index (χ3n) is 6.60. The van der Waals surface area contributed by atoms with Gasteiger partial charge in [-0.15, -0.1) is 0 Å². The first-order valence-corrected chi connectivity index (χ1v) is 16.2. The third-order valence-corrected chi connectivity index (χ3v) is 6.60. The Kier molecular flexibility index (Phi) is 29.7. The molecule has 1 N–H and O–H groups in total. The van der Waals surface area contributed by atoms with Gasteiger partial charge in [0.2, 0.25) is 0 Å². The molecular weight excluding hydrogens is 500 g/mol. The minimum atomic E-state index is -0.792. The van der Waals surface area contributed by atoms with Gasteiger partial charge in [0.15, 0.2) is 6.10 Å². The third kappa shape index (κ3) is 28.9. The van der Waals surface area contributed by atoms with Gasteiger partial charge in [0.05, 0.1) is 6.61 Å². The van der Waals surface area contributed by atoms with Crippen LogP contribution in [0.1, 0.15) is 142 Å². The first kappa shape index (κ1) is 37.9. The molecule has 5 nitrogen and oxygen atoms in total. The lowest BCUT2D eigenvalue weighted by Crippen LogP contribution is -2.28. The fourth-order valence-electron chi connectivity index (χ4n) is 4.07. The van der Waals surface area contributed by atoms with Crippen molar-refractivity contribution in [2.45, 2.75) is 148 Å². The summed E-state index contributed by atoms with van der Waals surface area (Å²) >= 11 is 0. The highest BCUT2D eigenvalue weighted by molar-refractivity contribution is 5.70. The van der Waals surface area contributed by atoms with Gasteiger partial charge in [0.1, 0.15) is 6.61 Å². The van der Waals surface area contributed by atoms with Crippen molar-refractivity contribution in [1.29, 1.82) is 0 Å². The van der Waals surface area contributed by atoms with Crippen LogP contribution in [0.25, 0.3) is 0 Å². The average molecular weight is 561 g/mol. The molecule has 0 saturated carbocycles. The number of allylic oxidation sites excluding steroid dienone is 8. The van der Waals surface area contributed by atoms with E-state index in [1.165, 1.54) is 57.8 Å². The number of unbranched alkanes of at least 4 members (excludes halogenated alkanes) is 12. The SMILES string of the molecule is CCCCC=CCCCCCCCC(=O)OCC(CO)OC(=O)CCCCC=CCC=CCC=CCCCCC. The van der Waals surface area contributed by atoms with Crippen molar-refractivity contribution in [1.82, 2.24) is 0 Å². The average Bonchev–Trinajstić information content (AvgIpc) is 2.96. The zero-order valence-electron chi connectivity index (χ0n) is 25.8. The van der Waals surface area contributed by atoms with E-state index in [1.807, 2.05) is 0 Å². The summed E-state index contributed by atoms with van der Waals surface area (Å²) < 4.78 is 10.5. The van der Waals surface area contributed by atoms with E-state index in [0.717, 1.165) is 57.8 Å². The molecule has 0 heterocycles. The van der Waals surface area contributed by atoms with Crippen LogP contribution in [-0.4, -0.2) is 36.4 Å².